The normalized spacial score (nSPS) is 21.5. The first-order valence-corrected chi connectivity index (χ1v) is 4.15. The first kappa shape index (κ1) is 10.8. The lowest BCUT2D eigenvalue weighted by Crippen LogP contribution is -2.30. The highest BCUT2D eigenvalue weighted by Crippen LogP contribution is 2.27. The summed E-state index contributed by atoms with van der Waals surface area (Å²) in [6.45, 7) is 0. The lowest BCUT2D eigenvalue weighted by atomic mass is 9.99. The maximum Gasteiger partial charge on any atom is 0.320 e. The summed E-state index contributed by atoms with van der Waals surface area (Å²) in [4.78, 5) is 10.4. The van der Waals surface area contributed by atoms with Crippen molar-refractivity contribution in [1.82, 2.24) is 0 Å². The molecule has 3 N–H and O–H groups in total. The van der Waals surface area contributed by atoms with Gasteiger partial charge in [-0.1, -0.05) is 12.2 Å². The van der Waals surface area contributed by atoms with Gasteiger partial charge < -0.3 is 10.8 Å². The summed E-state index contributed by atoms with van der Waals surface area (Å²) in [5.74, 6) is -3.94. The Hall–Kier alpha value is -1.23. The molecule has 1 aliphatic rings. The molecule has 1 atom stereocenters. The van der Waals surface area contributed by atoms with Gasteiger partial charge in [0, 0.05) is 6.42 Å². The number of aliphatic carboxylic acids is 1. The molecule has 0 aliphatic heterocycles. The van der Waals surface area contributed by atoms with Crippen LogP contribution in [0.15, 0.2) is 23.8 Å². The monoisotopic (exact) mass is 203 g/mol. The predicted molar refractivity (Wildman–Crippen MR) is 47.0 cm³/mol. The van der Waals surface area contributed by atoms with Crippen LogP contribution < -0.4 is 5.73 Å². The van der Waals surface area contributed by atoms with Gasteiger partial charge in [0.25, 0.3) is 5.92 Å². The predicted octanol–water partition coefficient (Wildman–Crippen LogP) is 1.31. The third-order valence-corrected chi connectivity index (χ3v) is 1.95. The molecule has 5 heteroatoms. The molecular formula is C9H11F2NO2. The molecule has 0 saturated heterocycles. The highest BCUT2D eigenvalue weighted by molar-refractivity contribution is 5.73. The van der Waals surface area contributed by atoms with Gasteiger partial charge in [0.05, 0.1) is 0 Å². The van der Waals surface area contributed by atoms with Crippen LogP contribution in [-0.2, 0) is 4.79 Å². The van der Waals surface area contributed by atoms with Crippen LogP contribution in [0.5, 0.6) is 0 Å². The van der Waals surface area contributed by atoms with Gasteiger partial charge >= 0.3 is 5.97 Å². The van der Waals surface area contributed by atoms with Crippen molar-refractivity contribution in [1.29, 1.82) is 0 Å². The minimum atomic E-state index is -2.81. The van der Waals surface area contributed by atoms with Crippen molar-refractivity contribution in [2.45, 2.75) is 24.8 Å². The number of halogens is 2. The van der Waals surface area contributed by atoms with Gasteiger partial charge in [0.1, 0.15) is 6.04 Å². The van der Waals surface area contributed by atoms with E-state index in [0.29, 0.717) is 5.57 Å². The number of hydrogen-bond acceptors (Lipinski definition) is 2. The minimum absolute atomic E-state index is 0.0852. The summed E-state index contributed by atoms with van der Waals surface area (Å²) in [5.41, 5.74) is 5.80. The molecule has 1 aliphatic carbocycles. The number of rotatable bonds is 3. The first-order chi connectivity index (χ1) is 6.41. The van der Waals surface area contributed by atoms with Crippen LogP contribution in [0.4, 0.5) is 8.78 Å². The molecule has 0 radical (unpaired) electrons. The van der Waals surface area contributed by atoms with Crippen LogP contribution >= 0.6 is 0 Å². The number of hydrogen-bond donors (Lipinski definition) is 2. The molecule has 14 heavy (non-hydrogen) atoms. The van der Waals surface area contributed by atoms with E-state index < -0.39 is 17.9 Å². The van der Waals surface area contributed by atoms with Gasteiger partial charge in [-0.2, -0.15) is 0 Å². The Balaban J connectivity index is 2.54. The summed E-state index contributed by atoms with van der Waals surface area (Å²) in [6, 6.07) is -1.03. The molecule has 0 unspecified atom stereocenters. The van der Waals surface area contributed by atoms with Gasteiger partial charge in [-0.25, -0.2) is 8.78 Å². The van der Waals surface area contributed by atoms with E-state index in [9.17, 15) is 13.6 Å². The van der Waals surface area contributed by atoms with E-state index in [2.05, 4.69) is 0 Å². The highest BCUT2D eigenvalue weighted by atomic mass is 19.3. The molecule has 0 spiro atoms. The molecule has 0 amide bonds. The number of carboxylic acid groups (broad SMARTS) is 1. The van der Waals surface area contributed by atoms with Crippen molar-refractivity contribution < 1.29 is 18.7 Å². The van der Waals surface area contributed by atoms with Crippen LogP contribution in [0.3, 0.4) is 0 Å². The second kappa shape index (κ2) is 3.88. The van der Waals surface area contributed by atoms with Crippen molar-refractivity contribution in [2.24, 2.45) is 5.73 Å². The molecule has 0 saturated carbocycles. The topological polar surface area (TPSA) is 63.3 Å². The summed E-state index contributed by atoms with van der Waals surface area (Å²) in [7, 11) is 0. The number of carboxylic acids is 1. The van der Waals surface area contributed by atoms with Gasteiger partial charge in [0.15, 0.2) is 0 Å². The zero-order chi connectivity index (χ0) is 10.8. The number of alkyl halides is 2. The lowest BCUT2D eigenvalue weighted by Gasteiger charge is -2.16. The zero-order valence-electron chi connectivity index (χ0n) is 7.41. The van der Waals surface area contributed by atoms with Crippen molar-refractivity contribution in [3.05, 3.63) is 23.8 Å². The van der Waals surface area contributed by atoms with Crippen LogP contribution in [0.1, 0.15) is 12.8 Å². The molecule has 0 aromatic carbocycles. The van der Waals surface area contributed by atoms with Gasteiger partial charge in [0.2, 0.25) is 0 Å². The van der Waals surface area contributed by atoms with Gasteiger partial charge in [-0.15, -0.1) is 0 Å². The van der Waals surface area contributed by atoms with E-state index in [1.165, 1.54) is 12.2 Å². The summed E-state index contributed by atoms with van der Waals surface area (Å²) < 4.78 is 25.2. The van der Waals surface area contributed by atoms with Crippen LogP contribution in [0.2, 0.25) is 0 Å². The molecule has 0 aromatic rings. The molecular weight excluding hydrogens is 192 g/mol. The second-order valence-electron chi connectivity index (χ2n) is 3.23. The number of carbonyl (C=O) groups is 1. The first-order valence-electron chi connectivity index (χ1n) is 4.15. The van der Waals surface area contributed by atoms with E-state index in [-0.39, 0.29) is 12.8 Å². The maximum atomic E-state index is 12.6. The Morgan fingerprint density at radius 1 is 1.71 bits per heavy atom. The van der Waals surface area contributed by atoms with Crippen molar-refractivity contribution in [3.63, 3.8) is 0 Å². The fraction of sp³-hybridized carbons (Fsp3) is 0.444. The minimum Gasteiger partial charge on any atom is -0.480 e. The summed E-state index contributed by atoms with van der Waals surface area (Å²) in [6.07, 6.45) is 3.03. The molecule has 0 bridgehead atoms. The Kier molecular flexibility index (Phi) is 3.00. The quantitative estimate of drug-likeness (QED) is 0.726. The average molecular weight is 203 g/mol. The fourth-order valence-electron chi connectivity index (χ4n) is 1.12. The third-order valence-electron chi connectivity index (χ3n) is 1.95. The van der Waals surface area contributed by atoms with Crippen molar-refractivity contribution in [2.75, 3.05) is 0 Å². The molecule has 3 nitrogen and oxygen atoms in total. The van der Waals surface area contributed by atoms with Crippen molar-refractivity contribution in [3.8, 4) is 0 Å². The molecule has 0 fully saturated rings. The van der Waals surface area contributed by atoms with Gasteiger partial charge in [-0.3, -0.25) is 4.79 Å². The van der Waals surface area contributed by atoms with E-state index in [0.717, 1.165) is 6.08 Å². The number of nitrogens with two attached hydrogens (primary N) is 1. The van der Waals surface area contributed by atoms with Crippen LogP contribution in [0, 0.1) is 0 Å². The Bertz CT molecular complexity index is 297. The Labute approximate surface area is 79.9 Å². The number of allylic oxidation sites excluding steroid dienone is 3. The SMILES string of the molecule is N[C@@H](CC1=CCC(F)(F)C=C1)C(=O)O. The largest absolute Gasteiger partial charge is 0.480 e. The fourth-order valence-corrected chi connectivity index (χ4v) is 1.12. The summed E-state index contributed by atoms with van der Waals surface area (Å²) in [5, 5.41) is 8.49. The van der Waals surface area contributed by atoms with Crippen LogP contribution in [0.25, 0.3) is 0 Å². The lowest BCUT2D eigenvalue weighted by molar-refractivity contribution is -0.138. The summed E-state index contributed by atoms with van der Waals surface area (Å²) >= 11 is 0. The van der Waals surface area contributed by atoms with E-state index in [4.69, 9.17) is 10.8 Å². The smallest absolute Gasteiger partial charge is 0.320 e. The van der Waals surface area contributed by atoms with Crippen molar-refractivity contribution >= 4 is 5.97 Å². The molecule has 0 aromatic heterocycles. The van der Waals surface area contributed by atoms with Crippen LogP contribution in [-0.4, -0.2) is 23.0 Å². The highest BCUT2D eigenvalue weighted by Gasteiger charge is 2.26. The standard InChI is InChI=1S/C9H11F2NO2/c10-9(11)3-1-6(2-4-9)5-7(12)8(13)14/h1-3,7H,4-5,12H2,(H,13,14)/t7-/m0/s1. The van der Waals surface area contributed by atoms with E-state index in [1.54, 1.807) is 0 Å². The molecule has 1 rings (SSSR count). The molecule has 0 heterocycles. The zero-order valence-corrected chi connectivity index (χ0v) is 7.41. The molecule has 78 valence electrons. The van der Waals surface area contributed by atoms with Gasteiger partial charge in [-0.05, 0) is 18.1 Å². The second-order valence-corrected chi connectivity index (χ2v) is 3.23. The van der Waals surface area contributed by atoms with E-state index >= 15 is 0 Å². The third kappa shape index (κ3) is 2.92. The maximum absolute atomic E-state index is 12.6. The Morgan fingerprint density at radius 3 is 2.79 bits per heavy atom. The Morgan fingerprint density at radius 2 is 2.36 bits per heavy atom. The van der Waals surface area contributed by atoms with E-state index in [1.807, 2.05) is 0 Å². The average Bonchev–Trinajstić information content (AvgIpc) is 2.08.